The maximum absolute atomic E-state index is 11.0. The molecule has 0 saturated heterocycles. The van der Waals surface area contributed by atoms with Crippen molar-refractivity contribution < 1.29 is 9.52 Å². The van der Waals surface area contributed by atoms with E-state index in [1.54, 1.807) is 0 Å². The van der Waals surface area contributed by atoms with Gasteiger partial charge < -0.3 is 9.52 Å². The lowest BCUT2D eigenvalue weighted by atomic mass is 9.92. The molecule has 0 aliphatic heterocycles. The fourth-order valence-corrected chi connectivity index (χ4v) is 0.942. The van der Waals surface area contributed by atoms with Crippen LogP contribution in [0.4, 0.5) is 0 Å². The predicted molar refractivity (Wildman–Crippen MR) is 45.3 cm³/mol. The molecule has 1 N–H and O–H groups in total. The molecular formula is C9H12O3. The maximum Gasteiger partial charge on any atom is 0.226 e. The highest BCUT2D eigenvalue weighted by molar-refractivity contribution is 5.27. The Balaban J connectivity index is 3.36. The summed E-state index contributed by atoms with van der Waals surface area (Å²) in [4.78, 5) is 11.0. The zero-order chi connectivity index (χ0) is 9.35. The van der Waals surface area contributed by atoms with E-state index in [2.05, 4.69) is 0 Å². The molecule has 0 amide bonds. The van der Waals surface area contributed by atoms with Gasteiger partial charge in [-0.2, -0.15) is 0 Å². The van der Waals surface area contributed by atoms with Crippen molar-refractivity contribution in [2.24, 2.45) is 0 Å². The van der Waals surface area contributed by atoms with E-state index >= 15 is 0 Å². The van der Waals surface area contributed by atoms with E-state index < -0.39 is 5.43 Å². The molecule has 0 atom stereocenters. The van der Waals surface area contributed by atoms with Crippen molar-refractivity contribution in [2.45, 2.75) is 26.2 Å². The summed E-state index contributed by atoms with van der Waals surface area (Å²) >= 11 is 0. The van der Waals surface area contributed by atoms with Crippen molar-refractivity contribution in [1.29, 1.82) is 0 Å². The normalized spacial score (nSPS) is 11.6. The lowest BCUT2D eigenvalue weighted by Gasteiger charge is -2.16. The molecule has 0 radical (unpaired) electrons. The molecule has 12 heavy (non-hydrogen) atoms. The van der Waals surface area contributed by atoms with Crippen LogP contribution in [0.15, 0.2) is 21.5 Å². The topological polar surface area (TPSA) is 50.4 Å². The number of hydrogen-bond donors (Lipinski definition) is 1. The van der Waals surface area contributed by atoms with Crippen LogP contribution < -0.4 is 5.43 Å². The Bertz CT molecular complexity index is 330. The summed E-state index contributed by atoms with van der Waals surface area (Å²) in [7, 11) is 0. The third kappa shape index (κ3) is 1.49. The second-order valence-corrected chi connectivity index (χ2v) is 3.71. The minimum absolute atomic E-state index is 0.287. The van der Waals surface area contributed by atoms with Gasteiger partial charge in [0.15, 0.2) is 5.76 Å². The highest BCUT2D eigenvalue weighted by Gasteiger charge is 2.22. The van der Waals surface area contributed by atoms with Crippen molar-refractivity contribution in [3.63, 3.8) is 0 Å². The molecule has 0 spiro atoms. The van der Waals surface area contributed by atoms with Gasteiger partial charge in [0.1, 0.15) is 0 Å². The first-order valence-electron chi connectivity index (χ1n) is 3.74. The largest absolute Gasteiger partial charge is 0.502 e. The highest BCUT2D eigenvalue weighted by Crippen LogP contribution is 2.27. The van der Waals surface area contributed by atoms with Crippen LogP contribution in [0.3, 0.4) is 0 Å². The molecule has 1 rings (SSSR count). The smallest absolute Gasteiger partial charge is 0.226 e. The number of hydrogen-bond acceptors (Lipinski definition) is 3. The lowest BCUT2D eigenvalue weighted by molar-refractivity contribution is 0.344. The first-order chi connectivity index (χ1) is 5.43. The molecule has 0 saturated carbocycles. The molecular weight excluding hydrogens is 156 g/mol. The average Bonchev–Trinajstić information content (AvgIpc) is 1.92. The molecule has 3 heteroatoms. The van der Waals surface area contributed by atoms with Gasteiger partial charge in [-0.3, -0.25) is 4.79 Å². The van der Waals surface area contributed by atoms with Crippen molar-refractivity contribution in [3.8, 4) is 5.75 Å². The molecule has 0 aromatic carbocycles. The summed E-state index contributed by atoms with van der Waals surface area (Å²) in [5.41, 5.74) is -0.740. The Hall–Kier alpha value is -1.25. The summed E-state index contributed by atoms with van der Waals surface area (Å²) in [5, 5.41) is 9.33. The van der Waals surface area contributed by atoms with E-state index in [9.17, 15) is 9.90 Å². The van der Waals surface area contributed by atoms with Crippen LogP contribution in [0.2, 0.25) is 0 Å². The summed E-state index contributed by atoms with van der Waals surface area (Å²) in [5.74, 6) is 0.0417. The van der Waals surface area contributed by atoms with Crippen LogP contribution in [0, 0.1) is 0 Å². The van der Waals surface area contributed by atoms with E-state index in [0.717, 1.165) is 0 Å². The van der Waals surface area contributed by atoms with Crippen LogP contribution in [-0.4, -0.2) is 5.11 Å². The second kappa shape index (κ2) is 2.66. The Kier molecular flexibility index (Phi) is 1.96. The van der Waals surface area contributed by atoms with Gasteiger partial charge >= 0.3 is 0 Å². The summed E-state index contributed by atoms with van der Waals surface area (Å²) in [6.45, 7) is 5.60. The SMILES string of the molecule is CC(C)(C)c1occc(=O)c1O. The monoisotopic (exact) mass is 168 g/mol. The maximum atomic E-state index is 11.0. The zero-order valence-corrected chi connectivity index (χ0v) is 7.42. The van der Waals surface area contributed by atoms with Gasteiger partial charge in [0.25, 0.3) is 0 Å². The van der Waals surface area contributed by atoms with E-state index in [4.69, 9.17) is 4.42 Å². The molecule has 0 aliphatic rings. The second-order valence-electron chi connectivity index (χ2n) is 3.71. The number of aromatic hydroxyl groups is 1. The van der Waals surface area contributed by atoms with Crippen molar-refractivity contribution in [3.05, 3.63) is 28.3 Å². The van der Waals surface area contributed by atoms with Gasteiger partial charge in [-0.05, 0) is 0 Å². The van der Waals surface area contributed by atoms with E-state index in [1.807, 2.05) is 20.8 Å². The van der Waals surface area contributed by atoms with Gasteiger partial charge in [0.2, 0.25) is 11.2 Å². The summed E-state index contributed by atoms with van der Waals surface area (Å²) in [6.07, 6.45) is 1.29. The summed E-state index contributed by atoms with van der Waals surface area (Å²) < 4.78 is 5.05. The molecule has 0 fully saturated rings. The van der Waals surface area contributed by atoms with Crippen LogP contribution in [0.5, 0.6) is 5.75 Å². The van der Waals surface area contributed by atoms with E-state index in [1.165, 1.54) is 12.3 Å². The fourth-order valence-electron chi connectivity index (χ4n) is 0.942. The van der Waals surface area contributed by atoms with Gasteiger partial charge in [-0.25, -0.2) is 0 Å². The molecule has 0 aliphatic carbocycles. The summed E-state index contributed by atoms with van der Waals surface area (Å²) in [6, 6.07) is 1.20. The third-order valence-electron chi connectivity index (χ3n) is 1.53. The van der Waals surface area contributed by atoms with Gasteiger partial charge in [0, 0.05) is 11.5 Å². The van der Waals surface area contributed by atoms with Crippen molar-refractivity contribution >= 4 is 0 Å². The number of rotatable bonds is 0. The Morgan fingerprint density at radius 3 is 2.42 bits per heavy atom. The van der Waals surface area contributed by atoms with Crippen LogP contribution in [-0.2, 0) is 5.41 Å². The average molecular weight is 168 g/mol. The lowest BCUT2D eigenvalue weighted by Crippen LogP contribution is -2.14. The van der Waals surface area contributed by atoms with Crippen molar-refractivity contribution in [2.75, 3.05) is 0 Å². The highest BCUT2D eigenvalue weighted by atomic mass is 16.4. The zero-order valence-electron chi connectivity index (χ0n) is 7.42. The first kappa shape index (κ1) is 8.84. The molecule has 1 aromatic rings. The predicted octanol–water partition coefficient (Wildman–Crippen LogP) is 1.64. The quantitative estimate of drug-likeness (QED) is 0.640. The van der Waals surface area contributed by atoms with Gasteiger partial charge in [-0.1, -0.05) is 20.8 Å². The Morgan fingerprint density at radius 2 is 2.00 bits per heavy atom. The fraction of sp³-hybridized carbons (Fsp3) is 0.444. The molecule has 0 unspecified atom stereocenters. The van der Waals surface area contributed by atoms with Crippen LogP contribution in [0.1, 0.15) is 26.5 Å². The molecule has 0 bridgehead atoms. The first-order valence-corrected chi connectivity index (χ1v) is 3.74. The Labute approximate surface area is 70.7 Å². The van der Waals surface area contributed by atoms with Crippen molar-refractivity contribution in [1.82, 2.24) is 0 Å². The van der Waals surface area contributed by atoms with Gasteiger partial charge in [0.05, 0.1) is 6.26 Å². The molecule has 66 valence electrons. The van der Waals surface area contributed by atoms with E-state index in [0.29, 0.717) is 5.76 Å². The van der Waals surface area contributed by atoms with Crippen LogP contribution >= 0.6 is 0 Å². The standard InChI is InChI=1S/C9H12O3/c1-9(2,3)8-7(11)6(10)4-5-12-8/h4-5,11H,1-3H3. The molecule has 1 heterocycles. The van der Waals surface area contributed by atoms with E-state index in [-0.39, 0.29) is 11.2 Å². The van der Waals surface area contributed by atoms with Crippen LogP contribution in [0.25, 0.3) is 0 Å². The minimum atomic E-state index is -0.397. The molecule has 3 nitrogen and oxygen atoms in total. The minimum Gasteiger partial charge on any atom is -0.502 e. The van der Waals surface area contributed by atoms with Gasteiger partial charge in [-0.15, -0.1) is 0 Å². The molecule has 1 aromatic heterocycles. The Morgan fingerprint density at radius 1 is 1.42 bits per heavy atom. The third-order valence-corrected chi connectivity index (χ3v) is 1.53.